The van der Waals surface area contributed by atoms with E-state index in [1.165, 1.54) is 6.07 Å². The lowest BCUT2D eigenvalue weighted by atomic mass is 9.92. The van der Waals surface area contributed by atoms with Crippen LogP contribution in [0.4, 0.5) is 0 Å². The van der Waals surface area contributed by atoms with Gasteiger partial charge in [0.2, 0.25) is 15.9 Å². The van der Waals surface area contributed by atoms with Gasteiger partial charge in [-0.3, -0.25) is 4.79 Å². The first-order chi connectivity index (χ1) is 14.4. The van der Waals surface area contributed by atoms with Crippen molar-refractivity contribution in [2.24, 2.45) is 16.1 Å². The third kappa shape index (κ3) is 3.79. The number of nitrogens with two attached hydrogens (primary N) is 2. The maximum atomic E-state index is 13.3. The molecule has 8 heteroatoms. The number of fused-ring (bicyclic) bond motifs is 1. The molecule has 4 N–H and O–H groups in total. The summed E-state index contributed by atoms with van der Waals surface area (Å²) in [6.07, 6.45) is 2.08. The molecule has 1 fully saturated rings. The minimum Gasteiger partial charge on any atom is -0.338 e. The molecule has 1 atom stereocenters. The SMILES string of the molecule is NN=Cc1cccc(CN2CC[C@@H](c3c(S(N)(=O)=O)ccc4ccccc34)C2=O)c1. The Morgan fingerprint density at radius 2 is 1.90 bits per heavy atom. The Labute approximate surface area is 175 Å². The zero-order valence-corrected chi connectivity index (χ0v) is 17.0. The van der Waals surface area contributed by atoms with Crippen molar-refractivity contribution in [2.75, 3.05) is 6.54 Å². The Kier molecular flexibility index (Phi) is 5.27. The predicted octanol–water partition coefficient (Wildman–Crippen LogP) is 2.30. The Morgan fingerprint density at radius 1 is 1.10 bits per heavy atom. The van der Waals surface area contributed by atoms with Gasteiger partial charge < -0.3 is 10.7 Å². The highest BCUT2D eigenvalue weighted by Crippen LogP contribution is 2.38. The third-order valence-corrected chi connectivity index (χ3v) is 6.40. The zero-order valence-electron chi connectivity index (χ0n) is 16.2. The quantitative estimate of drug-likeness (QED) is 0.372. The fourth-order valence-electron chi connectivity index (χ4n) is 4.13. The molecule has 30 heavy (non-hydrogen) atoms. The van der Waals surface area contributed by atoms with E-state index in [0.717, 1.165) is 21.9 Å². The Bertz CT molecular complexity index is 1250. The highest BCUT2D eigenvalue weighted by atomic mass is 32.2. The van der Waals surface area contributed by atoms with E-state index >= 15 is 0 Å². The van der Waals surface area contributed by atoms with Crippen molar-refractivity contribution < 1.29 is 13.2 Å². The molecule has 1 aliphatic heterocycles. The van der Waals surface area contributed by atoms with E-state index in [9.17, 15) is 13.2 Å². The normalized spacial score (nSPS) is 17.3. The van der Waals surface area contributed by atoms with Gasteiger partial charge in [0.1, 0.15) is 0 Å². The van der Waals surface area contributed by atoms with E-state index in [-0.39, 0.29) is 10.8 Å². The van der Waals surface area contributed by atoms with Crippen LogP contribution in [0, 0.1) is 0 Å². The van der Waals surface area contributed by atoms with E-state index < -0.39 is 15.9 Å². The van der Waals surface area contributed by atoms with Crippen LogP contribution in [0.1, 0.15) is 29.0 Å². The average Bonchev–Trinajstić information content (AvgIpc) is 3.07. The molecule has 0 spiro atoms. The topological polar surface area (TPSA) is 119 Å². The van der Waals surface area contributed by atoms with Gasteiger partial charge in [-0.25, -0.2) is 13.6 Å². The minimum absolute atomic E-state index is 0.0163. The average molecular weight is 423 g/mol. The summed E-state index contributed by atoms with van der Waals surface area (Å²) in [5, 5.41) is 10.6. The number of carbonyl (C=O) groups is 1. The molecule has 1 aliphatic rings. The number of nitrogens with zero attached hydrogens (tertiary/aromatic N) is 2. The van der Waals surface area contributed by atoms with Crippen molar-refractivity contribution in [3.8, 4) is 0 Å². The van der Waals surface area contributed by atoms with E-state index in [0.29, 0.717) is 25.1 Å². The van der Waals surface area contributed by atoms with Crippen molar-refractivity contribution in [2.45, 2.75) is 23.8 Å². The summed E-state index contributed by atoms with van der Waals surface area (Å²) in [6.45, 7) is 0.961. The number of benzene rings is 3. The first-order valence-electron chi connectivity index (χ1n) is 9.54. The number of hydrogen-bond acceptors (Lipinski definition) is 5. The molecule has 4 rings (SSSR count). The molecule has 0 aliphatic carbocycles. The van der Waals surface area contributed by atoms with Gasteiger partial charge in [-0.1, -0.05) is 48.5 Å². The number of carbonyl (C=O) groups excluding carboxylic acids is 1. The molecule has 1 saturated heterocycles. The van der Waals surface area contributed by atoms with Crippen LogP contribution in [-0.2, 0) is 21.4 Å². The molecular weight excluding hydrogens is 400 g/mol. The summed E-state index contributed by atoms with van der Waals surface area (Å²) in [4.78, 5) is 15.1. The van der Waals surface area contributed by atoms with Crippen LogP contribution in [0.5, 0.6) is 0 Å². The van der Waals surface area contributed by atoms with Crippen LogP contribution in [0.25, 0.3) is 10.8 Å². The first kappa shape index (κ1) is 20.1. The molecule has 0 radical (unpaired) electrons. The van der Waals surface area contributed by atoms with Gasteiger partial charge in [-0.15, -0.1) is 0 Å². The summed E-state index contributed by atoms with van der Waals surface area (Å²) in [6, 6.07) is 18.3. The predicted molar refractivity (Wildman–Crippen MR) is 116 cm³/mol. The Morgan fingerprint density at radius 3 is 2.67 bits per heavy atom. The summed E-state index contributed by atoms with van der Waals surface area (Å²) in [5.74, 6) is 4.56. The number of sulfonamides is 1. The van der Waals surface area contributed by atoms with Crippen molar-refractivity contribution in [3.05, 3.63) is 77.4 Å². The van der Waals surface area contributed by atoms with Crippen LogP contribution < -0.4 is 11.0 Å². The zero-order chi connectivity index (χ0) is 21.3. The molecule has 0 unspecified atom stereocenters. The van der Waals surface area contributed by atoms with E-state index in [2.05, 4.69) is 5.10 Å². The second-order valence-corrected chi connectivity index (χ2v) is 8.90. The lowest BCUT2D eigenvalue weighted by Crippen LogP contribution is -2.27. The van der Waals surface area contributed by atoms with Gasteiger partial charge in [0, 0.05) is 13.1 Å². The maximum Gasteiger partial charge on any atom is 0.238 e. The van der Waals surface area contributed by atoms with Crippen LogP contribution in [0.15, 0.2) is 70.7 Å². The summed E-state index contributed by atoms with van der Waals surface area (Å²) >= 11 is 0. The van der Waals surface area contributed by atoms with Gasteiger partial charge in [0.25, 0.3) is 0 Å². The summed E-state index contributed by atoms with van der Waals surface area (Å²) in [7, 11) is -3.97. The number of primary sulfonamides is 1. The maximum absolute atomic E-state index is 13.3. The Balaban J connectivity index is 1.71. The van der Waals surface area contributed by atoms with Gasteiger partial charge >= 0.3 is 0 Å². The highest BCUT2D eigenvalue weighted by Gasteiger charge is 2.36. The number of rotatable bonds is 5. The molecule has 0 saturated carbocycles. The number of likely N-dealkylation sites (tertiary alicyclic amines) is 1. The van der Waals surface area contributed by atoms with Crippen molar-refractivity contribution >= 4 is 32.9 Å². The molecule has 7 nitrogen and oxygen atoms in total. The first-order valence-corrected chi connectivity index (χ1v) is 11.1. The third-order valence-electron chi connectivity index (χ3n) is 5.43. The second kappa shape index (κ2) is 7.89. The van der Waals surface area contributed by atoms with Gasteiger partial charge in [-0.2, -0.15) is 5.10 Å². The van der Waals surface area contributed by atoms with Crippen molar-refractivity contribution in [1.29, 1.82) is 0 Å². The number of amides is 1. The van der Waals surface area contributed by atoms with Gasteiger partial charge in [0.15, 0.2) is 0 Å². The Hall–Kier alpha value is -3.23. The van der Waals surface area contributed by atoms with Crippen LogP contribution >= 0.6 is 0 Å². The molecule has 154 valence electrons. The highest BCUT2D eigenvalue weighted by molar-refractivity contribution is 7.89. The molecule has 0 bridgehead atoms. The second-order valence-electron chi connectivity index (χ2n) is 7.37. The van der Waals surface area contributed by atoms with E-state index in [1.807, 2.05) is 48.5 Å². The van der Waals surface area contributed by atoms with Crippen molar-refractivity contribution in [3.63, 3.8) is 0 Å². The largest absolute Gasteiger partial charge is 0.338 e. The molecule has 1 heterocycles. The van der Waals surface area contributed by atoms with Gasteiger partial charge in [0.05, 0.1) is 17.0 Å². The molecular formula is C22H22N4O3S. The molecule has 3 aromatic carbocycles. The smallest absolute Gasteiger partial charge is 0.238 e. The fourth-order valence-corrected chi connectivity index (χ4v) is 4.94. The van der Waals surface area contributed by atoms with Crippen molar-refractivity contribution in [1.82, 2.24) is 4.90 Å². The summed E-state index contributed by atoms with van der Waals surface area (Å²) < 4.78 is 24.5. The molecule has 3 aromatic rings. The number of hydrogen-bond donors (Lipinski definition) is 2. The minimum atomic E-state index is -3.97. The van der Waals surface area contributed by atoms with Crippen LogP contribution in [-0.4, -0.2) is 32.0 Å². The van der Waals surface area contributed by atoms with Crippen LogP contribution in [0.2, 0.25) is 0 Å². The van der Waals surface area contributed by atoms with E-state index in [1.54, 1.807) is 17.2 Å². The lowest BCUT2D eigenvalue weighted by Gasteiger charge is -2.19. The lowest BCUT2D eigenvalue weighted by molar-refractivity contribution is -0.129. The molecule has 1 amide bonds. The summed E-state index contributed by atoms with van der Waals surface area (Å²) in [5.41, 5.74) is 2.29. The fraction of sp³-hybridized carbons (Fsp3) is 0.182. The standard InChI is InChI=1S/C22H22N4O3S/c23-25-13-15-4-3-5-16(12-15)14-26-11-10-19(22(26)27)21-18-7-2-1-6-17(18)8-9-20(21)30(24,28)29/h1-9,12-13,19H,10-11,14,23H2,(H2,24,28,29)/t19-/m0/s1. The van der Waals surface area contributed by atoms with Gasteiger partial charge in [-0.05, 0) is 46.0 Å². The monoisotopic (exact) mass is 422 g/mol. The number of hydrazone groups is 1. The van der Waals surface area contributed by atoms with E-state index in [4.69, 9.17) is 11.0 Å². The molecule has 0 aromatic heterocycles. The van der Waals surface area contributed by atoms with Crippen LogP contribution in [0.3, 0.4) is 0 Å².